The number of nitrogens with one attached hydrogen (secondary N) is 1. The van der Waals surface area contributed by atoms with Gasteiger partial charge in [0.1, 0.15) is 0 Å². The summed E-state index contributed by atoms with van der Waals surface area (Å²) in [5.41, 5.74) is 1.06. The lowest BCUT2D eigenvalue weighted by Gasteiger charge is -2.20. The molecule has 1 aliphatic rings. The lowest BCUT2D eigenvalue weighted by atomic mass is 10.1. The molecule has 1 fully saturated rings. The third-order valence-corrected chi connectivity index (χ3v) is 4.97. The minimum atomic E-state index is -0.356. The zero-order chi connectivity index (χ0) is 15.4. The van der Waals surface area contributed by atoms with Gasteiger partial charge >= 0.3 is 0 Å². The first-order valence-corrected chi connectivity index (χ1v) is 8.15. The van der Waals surface area contributed by atoms with E-state index in [1.165, 1.54) is 19.0 Å². The molecule has 1 saturated heterocycles. The van der Waals surface area contributed by atoms with Crippen molar-refractivity contribution in [3.8, 4) is 0 Å². The van der Waals surface area contributed by atoms with Crippen LogP contribution in [0.4, 0.5) is 5.69 Å². The highest BCUT2D eigenvalue weighted by atomic mass is 79.9. The summed E-state index contributed by atoms with van der Waals surface area (Å²) in [6.45, 7) is 8.39. The van der Waals surface area contributed by atoms with Gasteiger partial charge in [0.05, 0.1) is 9.40 Å². The van der Waals surface area contributed by atoms with Crippen LogP contribution in [0.1, 0.15) is 25.8 Å². The maximum atomic E-state index is 10.9. The molecule has 1 aliphatic heterocycles. The van der Waals surface area contributed by atoms with Crippen LogP contribution >= 0.6 is 15.9 Å². The number of halogens is 1. The van der Waals surface area contributed by atoms with Gasteiger partial charge in [-0.25, -0.2) is 0 Å². The minimum absolute atomic E-state index is 0.126. The number of nitrogens with zero attached hydrogens (tertiary/aromatic N) is 2. The zero-order valence-corrected chi connectivity index (χ0v) is 14.1. The third-order valence-electron chi connectivity index (χ3n) is 4.05. The van der Waals surface area contributed by atoms with E-state index in [0.29, 0.717) is 23.0 Å². The van der Waals surface area contributed by atoms with Gasteiger partial charge in [-0.15, -0.1) is 0 Å². The van der Waals surface area contributed by atoms with Crippen LogP contribution in [0.3, 0.4) is 0 Å². The maximum Gasteiger partial charge on any atom is 0.283 e. The fraction of sp³-hybridized carbons (Fsp3) is 0.600. The Morgan fingerprint density at radius 3 is 2.90 bits per heavy atom. The van der Waals surface area contributed by atoms with Crippen molar-refractivity contribution < 1.29 is 4.92 Å². The van der Waals surface area contributed by atoms with Crippen LogP contribution < -0.4 is 5.32 Å². The molecule has 0 radical (unpaired) electrons. The first-order valence-electron chi connectivity index (χ1n) is 7.35. The molecule has 1 aromatic carbocycles. The second-order valence-electron chi connectivity index (χ2n) is 5.88. The van der Waals surface area contributed by atoms with Gasteiger partial charge in [0.25, 0.3) is 5.69 Å². The van der Waals surface area contributed by atoms with Crippen LogP contribution in [0.25, 0.3) is 0 Å². The van der Waals surface area contributed by atoms with Gasteiger partial charge in [-0.05, 0) is 60.8 Å². The van der Waals surface area contributed by atoms with Gasteiger partial charge in [-0.1, -0.05) is 12.1 Å². The second-order valence-corrected chi connectivity index (χ2v) is 6.67. The predicted molar refractivity (Wildman–Crippen MR) is 87.3 cm³/mol. The fourth-order valence-corrected chi connectivity index (χ4v) is 3.30. The molecule has 5 nitrogen and oxygen atoms in total. The van der Waals surface area contributed by atoms with Gasteiger partial charge in [-0.2, -0.15) is 0 Å². The Bertz CT molecular complexity index is 508. The monoisotopic (exact) mass is 355 g/mol. The van der Waals surface area contributed by atoms with Crippen molar-refractivity contribution in [1.29, 1.82) is 0 Å². The number of likely N-dealkylation sites (tertiary alicyclic amines) is 1. The van der Waals surface area contributed by atoms with Crippen molar-refractivity contribution in [1.82, 2.24) is 10.2 Å². The quantitative estimate of drug-likeness (QED) is 0.628. The van der Waals surface area contributed by atoms with Crippen molar-refractivity contribution in [2.24, 2.45) is 5.92 Å². The van der Waals surface area contributed by atoms with E-state index < -0.39 is 0 Å². The summed E-state index contributed by atoms with van der Waals surface area (Å²) in [5, 5.41) is 14.3. The van der Waals surface area contributed by atoms with E-state index in [2.05, 4.69) is 40.0 Å². The van der Waals surface area contributed by atoms with Crippen LogP contribution in [0.5, 0.6) is 0 Å². The molecule has 6 heteroatoms. The highest BCUT2D eigenvalue weighted by Crippen LogP contribution is 2.28. The van der Waals surface area contributed by atoms with Crippen LogP contribution in [0.2, 0.25) is 0 Å². The molecule has 1 atom stereocenters. The molecule has 1 unspecified atom stereocenters. The van der Waals surface area contributed by atoms with E-state index in [4.69, 9.17) is 0 Å². The molecule has 1 heterocycles. The smallest absolute Gasteiger partial charge is 0.283 e. The summed E-state index contributed by atoms with van der Waals surface area (Å²) in [6.07, 6.45) is 1.22. The number of nitro groups is 1. The molecule has 1 N–H and O–H groups in total. The first kappa shape index (κ1) is 16.4. The lowest BCUT2D eigenvalue weighted by Crippen LogP contribution is -2.30. The largest absolute Gasteiger partial charge is 0.312 e. The van der Waals surface area contributed by atoms with Crippen molar-refractivity contribution >= 4 is 21.6 Å². The van der Waals surface area contributed by atoms with E-state index >= 15 is 0 Å². The van der Waals surface area contributed by atoms with Crippen molar-refractivity contribution in [3.63, 3.8) is 0 Å². The molecule has 0 amide bonds. The molecule has 116 valence electrons. The van der Waals surface area contributed by atoms with E-state index in [0.717, 1.165) is 18.7 Å². The second kappa shape index (κ2) is 7.33. The molecular weight excluding hydrogens is 334 g/mol. The fourth-order valence-electron chi connectivity index (χ4n) is 2.75. The SMILES string of the molecule is CC(C)N1CCC(CNCc2cccc([N+](=O)[O-])c2Br)C1. The van der Waals surface area contributed by atoms with E-state index in [1.807, 2.05) is 6.07 Å². The Morgan fingerprint density at radius 1 is 1.52 bits per heavy atom. The van der Waals surface area contributed by atoms with Crippen LogP contribution in [0.15, 0.2) is 22.7 Å². The molecule has 21 heavy (non-hydrogen) atoms. The number of benzene rings is 1. The highest BCUT2D eigenvalue weighted by Gasteiger charge is 2.23. The van der Waals surface area contributed by atoms with Gasteiger partial charge < -0.3 is 10.2 Å². The molecule has 0 aromatic heterocycles. The zero-order valence-electron chi connectivity index (χ0n) is 12.5. The van der Waals surface area contributed by atoms with E-state index in [9.17, 15) is 10.1 Å². The van der Waals surface area contributed by atoms with Crippen molar-refractivity contribution in [2.45, 2.75) is 32.9 Å². The number of hydrogen-bond acceptors (Lipinski definition) is 4. The molecule has 0 bridgehead atoms. The summed E-state index contributed by atoms with van der Waals surface area (Å²) in [5.74, 6) is 0.671. The lowest BCUT2D eigenvalue weighted by molar-refractivity contribution is -0.385. The van der Waals surface area contributed by atoms with E-state index in [1.54, 1.807) is 6.07 Å². The average molecular weight is 356 g/mol. The van der Waals surface area contributed by atoms with Gasteiger partial charge in [0, 0.05) is 25.2 Å². The van der Waals surface area contributed by atoms with Crippen LogP contribution in [-0.2, 0) is 6.54 Å². The molecule has 1 aromatic rings. The van der Waals surface area contributed by atoms with Crippen LogP contribution in [0, 0.1) is 16.0 Å². The standard InChI is InChI=1S/C15H22BrN3O2/c1-11(2)18-7-6-12(10-18)8-17-9-13-4-3-5-14(15(13)16)19(20)21/h3-5,11-12,17H,6-10H2,1-2H3. The van der Waals surface area contributed by atoms with Crippen molar-refractivity contribution in [2.75, 3.05) is 19.6 Å². The molecular formula is C15H22BrN3O2. The highest BCUT2D eigenvalue weighted by molar-refractivity contribution is 9.10. The van der Waals surface area contributed by atoms with Crippen molar-refractivity contribution in [3.05, 3.63) is 38.3 Å². The Labute approximate surface area is 134 Å². The van der Waals surface area contributed by atoms with Gasteiger partial charge in [0.2, 0.25) is 0 Å². The third kappa shape index (κ3) is 4.25. The average Bonchev–Trinajstić information content (AvgIpc) is 2.89. The van der Waals surface area contributed by atoms with Gasteiger partial charge in [0.15, 0.2) is 0 Å². The normalized spacial score (nSPS) is 19.3. The molecule has 2 rings (SSSR count). The predicted octanol–water partition coefficient (Wildman–Crippen LogP) is 3.18. The summed E-state index contributed by atoms with van der Waals surface area (Å²) < 4.78 is 0.581. The Hall–Kier alpha value is -0.980. The number of rotatable bonds is 6. The van der Waals surface area contributed by atoms with Crippen LogP contribution in [-0.4, -0.2) is 35.5 Å². The Morgan fingerprint density at radius 2 is 2.29 bits per heavy atom. The molecule has 0 spiro atoms. The minimum Gasteiger partial charge on any atom is -0.312 e. The summed E-state index contributed by atoms with van der Waals surface area (Å²) >= 11 is 3.33. The number of nitro benzene ring substituents is 1. The number of hydrogen-bond donors (Lipinski definition) is 1. The van der Waals surface area contributed by atoms with E-state index in [-0.39, 0.29) is 10.6 Å². The molecule has 0 saturated carbocycles. The maximum absolute atomic E-state index is 10.9. The summed E-state index contributed by atoms with van der Waals surface area (Å²) in [4.78, 5) is 13.0. The molecule has 0 aliphatic carbocycles. The summed E-state index contributed by atoms with van der Waals surface area (Å²) in [7, 11) is 0. The first-order chi connectivity index (χ1) is 9.99. The summed E-state index contributed by atoms with van der Waals surface area (Å²) in [6, 6.07) is 5.78. The Balaban J connectivity index is 1.85. The van der Waals surface area contributed by atoms with Gasteiger partial charge in [-0.3, -0.25) is 10.1 Å². The Kier molecular flexibility index (Phi) is 5.72. The topological polar surface area (TPSA) is 58.4 Å².